The molecule has 17 heavy (non-hydrogen) atoms. The van der Waals surface area contributed by atoms with Crippen molar-refractivity contribution < 1.29 is 0 Å². The SMILES string of the molecule is Cc1nc(NCCS)cc(Nc2cccs2)n1. The highest BCUT2D eigenvalue weighted by molar-refractivity contribution is 7.80. The molecule has 0 saturated heterocycles. The molecule has 0 amide bonds. The van der Waals surface area contributed by atoms with E-state index in [9.17, 15) is 0 Å². The quantitative estimate of drug-likeness (QED) is 0.728. The predicted molar refractivity (Wildman–Crippen MR) is 76.7 cm³/mol. The van der Waals surface area contributed by atoms with Crippen LogP contribution in [0.1, 0.15) is 5.82 Å². The van der Waals surface area contributed by atoms with Gasteiger partial charge in [0.2, 0.25) is 0 Å². The summed E-state index contributed by atoms with van der Waals surface area (Å²) < 4.78 is 0. The monoisotopic (exact) mass is 266 g/mol. The standard InChI is InChI=1S/C11H14N4S2/c1-8-13-9(12-4-5-16)7-10(14-8)15-11-3-2-6-17-11/h2-3,6-7,16H,4-5H2,1H3,(H2,12,13,14,15). The van der Waals surface area contributed by atoms with E-state index in [-0.39, 0.29) is 0 Å². The zero-order chi connectivity index (χ0) is 12.1. The molecule has 2 aromatic heterocycles. The van der Waals surface area contributed by atoms with Gasteiger partial charge in [-0.25, -0.2) is 9.97 Å². The predicted octanol–water partition coefficient (Wildman–Crippen LogP) is 2.93. The van der Waals surface area contributed by atoms with Crippen molar-refractivity contribution in [2.45, 2.75) is 6.92 Å². The lowest BCUT2D eigenvalue weighted by atomic mass is 10.4. The Labute approximate surface area is 110 Å². The third-order valence-electron chi connectivity index (χ3n) is 2.03. The van der Waals surface area contributed by atoms with Crippen LogP contribution in [0.2, 0.25) is 0 Å². The van der Waals surface area contributed by atoms with Crippen molar-refractivity contribution in [2.24, 2.45) is 0 Å². The second-order valence-electron chi connectivity index (χ2n) is 3.44. The maximum atomic E-state index is 4.34. The summed E-state index contributed by atoms with van der Waals surface area (Å²) in [4.78, 5) is 8.65. The van der Waals surface area contributed by atoms with Gasteiger partial charge in [-0.2, -0.15) is 12.6 Å². The van der Waals surface area contributed by atoms with Gasteiger partial charge in [-0.15, -0.1) is 11.3 Å². The molecule has 0 spiro atoms. The summed E-state index contributed by atoms with van der Waals surface area (Å²) in [5.41, 5.74) is 0. The van der Waals surface area contributed by atoms with Crippen molar-refractivity contribution >= 4 is 40.6 Å². The maximum absolute atomic E-state index is 4.34. The lowest BCUT2D eigenvalue weighted by Crippen LogP contribution is -2.06. The number of thiol groups is 1. The molecule has 0 radical (unpaired) electrons. The Morgan fingerprint density at radius 1 is 1.35 bits per heavy atom. The Bertz CT molecular complexity index is 470. The van der Waals surface area contributed by atoms with Crippen LogP contribution in [0.3, 0.4) is 0 Å². The van der Waals surface area contributed by atoms with Crippen LogP contribution >= 0.6 is 24.0 Å². The van der Waals surface area contributed by atoms with Crippen molar-refractivity contribution in [2.75, 3.05) is 22.9 Å². The summed E-state index contributed by atoms with van der Waals surface area (Å²) in [6, 6.07) is 5.92. The Hall–Kier alpha value is -1.27. The number of rotatable bonds is 5. The number of nitrogens with one attached hydrogen (secondary N) is 2. The highest BCUT2D eigenvalue weighted by Gasteiger charge is 2.02. The van der Waals surface area contributed by atoms with E-state index in [1.54, 1.807) is 11.3 Å². The van der Waals surface area contributed by atoms with E-state index in [0.29, 0.717) is 0 Å². The van der Waals surface area contributed by atoms with Crippen LogP contribution in [0.15, 0.2) is 23.6 Å². The number of hydrogen-bond acceptors (Lipinski definition) is 6. The average Bonchev–Trinajstić information content (AvgIpc) is 2.78. The molecule has 4 nitrogen and oxygen atoms in total. The largest absolute Gasteiger partial charge is 0.369 e. The second-order valence-corrected chi connectivity index (χ2v) is 4.83. The molecular weight excluding hydrogens is 252 g/mol. The number of aryl methyl sites for hydroxylation is 1. The topological polar surface area (TPSA) is 49.8 Å². The van der Waals surface area contributed by atoms with Crippen LogP contribution in [-0.4, -0.2) is 22.3 Å². The molecule has 90 valence electrons. The molecule has 0 fully saturated rings. The highest BCUT2D eigenvalue weighted by Crippen LogP contribution is 2.21. The van der Waals surface area contributed by atoms with Gasteiger partial charge in [0.15, 0.2) is 0 Å². The summed E-state index contributed by atoms with van der Waals surface area (Å²) in [6.45, 7) is 2.67. The molecule has 2 heterocycles. The number of anilines is 3. The van der Waals surface area contributed by atoms with Crippen LogP contribution in [0.5, 0.6) is 0 Å². The molecule has 2 N–H and O–H groups in total. The second kappa shape index (κ2) is 5.88. The van der Waals surface area contributed by atoms with E-state index in [1.165, 1.54) is 0 Å². The van der Waals surface area contributed by atoms with E-state index in [0.717, 1.165) is 34.8 Å². The third-order valence-corrected chi connectivity index (χ3v) is 3.04. The number of thiophene rings is 1. The van der Waals surface area contributed by atoms with E-state index in [4.69, 9.17) is 0 Å². The summed E-state index contributed by atoms with van der Waals surface area (Å²) in [5, 5.41) is 9.54. The molecule has 2 aromatic rings. The number of nitrogens with zero attached hydrogens (tertiary/aromatic N) is 2. The first-order chi connectivity index (χ1) is 8.28. The van der Waals surface area contributed by atoms with Crippen LogP contribution < -0.4 is 10.6 Å². The number of hydrogen-bond donors (Lipinski definition) is 3. The molecule has 2 rings (SSSR count). The minimum Gasteiger partial charge on any atom is -0.369 e. The van der Waals surface area contributed by atoms with Crippen LogP contribution in [0, 0.1) is 6.92 Å². The van der Waals surface area contributed by atoms with Gasteiger partial charge in [0, 0.05) is 18.4 Å². The first-order valence-corrected chi connectivity index (χ1v) is 6.80. The van der Waals surface area contributed by atoms with Crippen molar-refractivity contribution in [1.82, 2.24) is 9.97 Å². The summed E-state index contributed by atoms with van der Waals surface area (Å²) >= 11 is 5.80. The summed E-state index contributed by atoms with van der Waals surface area (Å²) in [6.07, 6.45) is 0. The maximum Gasteiger partial charge on any atom is 0.136 e. The molecule has 0 aliphatic rings. The smallest absolute Gasteiger partial charge is 0.136 e. The van der Waals surface area contributed by atoms with E-state index < -0.39 is 0 Å². The molecule has 0 aromatic carbocycles. The van der Waals surface area contributed by atoms with E-state index in [2.05, 4.69) is 33.2 Å². The summed E-state index contributed by atoms with van der Waals surface area (Å²) in [5.74, 6) is 3.15. The van der Waals surface area contributed by atoms with Gasteiger partial charge in [0.25, 0.3) is 0 Å². The van der Waals surface area contributed by atoms with Gasteiger partial charge in [-0.3, -0.25) is 0 Å². The first kappa shape index (κ1) is 12.2. The Morgan fingerprint density at radius 2 is 2.18 bits per heavy atom. The molecule has 0 atom stereocenters. The van der Waals surface area contributed by atoms with Crippen molar-refractivity contribution in [3.05, 3.63) is 29.4 Å². The van der Waals surface area contributed by atoms with Crippen LogP contribution in [-0.2, 0) is 0 Å². The van der Waals surface area contributed by atoms with Crippen molar-refractivity contribution in [3.63, 3.8) is 0 Å². The normalized spacial score (nSPS) is 10.2. The Morgan fingerprint density at radius 3 is 2.88 bits per heavy atom. The van der Waals surface area contributed by atoms with E-state index >= 15 is 0 Å². The lowest BCUT2D eigenvalue weighted by Gasteiger charge is -2.08. The zero-order valence-corrected chi connectivity index (χ0v) is 11.2. The molecule has 0 unspecified atom stereocenters. The summed E-state index contributed by atoms with van der Waals surface area (Å²) in [7, 11) is 0. The van der Waals surface area contributed by atoms with Gasteiger partial charge in [0.1, 0.15) is 17.5 Å². The van der Waals surface area contributed by atoms with Gasteiger partial charge in [-0.05, 0) is 24.4 Å². The molecule has 0 saturated carbocycles. The third kappa shape index (κ3) is 3.61. The molecule has 0 aliphatic carbocycles. The van der Waals surface area contributed by atoms with Gasteiger partial charge in [0.05, 0.1) is 5.00 Å². The first-order valence-electron chi connectivity index (χ1n) is 5.29. The Kier molecular flexibility index (Phi) is 4.22. The minimum atomic E-state index is 0.744. The Balaban J connectivity index is 2.13. The molecular formula is C11H14N4S2. The minimum absolute atomic E-state index is 0.744. The van der Waals surface area contributed by atoms with Crippen LogP contribution in [0.4, 0.5) is 16.6 Å². The van der Waals surface area contributed by atoms with Gasteiger partial charge < -0.3 is 10.6 Å². The lowest BCUT2D eigenvalue weighted by molar-refractivity contribution is 1.04. The molecule has 0 bridgehead atoms. The zero-order valence-electron chi connectivity index (χ0n) is 9.47. The molecule has 0 aliphatic heterocycles. The van der Waals surface area contributed by atoms with Gasteiger partial charge >= 0.3 is 0 Å². The number of aromatic nitrogens is 2. The fourth-order valence-electron chi connectivity index (χ4n) is 1.38. The van der Waals surface area contributed by atoms with E-state index in [1.807, 2.05) is 30.5 Å². The average molecular weight is 266 g/mol. The highest BCUT2D eigenvalue weighted by atomic mass is 32.1. The van der Waals surface area contributed by atoms with Crippen molar-refractivity contribution in [1.29, 1.82) is 0 Å². The fourth-order valence-corrected chi connectivity index (χ4v) is 2.12. The van der Waals surface area contributed by atoms with Crippen molar-refractivity contribution in [3.8, 4) is 0 Å². The van der Waals surface area contributed by atoms with Gasteiger partial charge in [-0.1, -0.05) is 0 Å². The molecule has 6 heteroatoms. The van der Waals surface area contributed by atoms with Crippen LogP contribution in [0.25, 0.3) is 0 Å². The fraction of sp³-hybridized carbons (Fsp3) is 0.273.